The molecule has 76 valence electrons. The van der Waals surface area contributed by atoms with Crippen LogP contribution in [0.5, 0.6) is 0 Å². The second-order valence-corrected chi connectivity index (χ2v) is 5.01. The number of rotatable bonds is 2. The Bertz CT molecular complexity index is 184. The summed E-state index contributed by atoms with van der Waals surface area (Å²) < 4.78 is 0. The lowest BCUT2D eigenvalue weighted by atomic mass is 10.00. The van der Waals surface area contributed by atoms with E-state index < -0.39 is 0 Å². The molecule has 0 aromatic heterocycles. The third-order valence-corrected chi connectivity index (χ3v) is 3.63. The first-order chi connectivity index (χ1) is 6.15. The maximum atomic E-state index is 11.8. The fourth-order valence-corrected chi connectivity index (χ4v) is 2.05. The van der Waals surface area contributed by atoms with Crippen LogP contribution in [0.25, 0.3) is 0 Å². The summed E-state index contributed by atoms with van der Waals surface area (Å²) in [5, 5.41) is 0. The van der Waals surface area contributed by atoms with E-state index in [2.05, 4.69) is 22.9 Å². The lowest BCUT2D eigenvalue weighted by molar-refractivity contribution is -0.132. The van der Waals surface area contributed by atoms with Crippen molar-refractivity contribution in [3.63, 3.8) is 0 Å². The predicted molar refractivity (Wildman–Crippen MR) is 58.0 cm³/mol. The van der Waals surface area contributed by atoms with Gasteiger partial charge >= 0.3 is 0 Å². The largest absolute Gasteiger partial charge is 0.341 e. The molecular formula is C10H18BrNO. The predicted octanol–water partition coefficient (Wildman–Crippen LogP) is 2.42. The molecule has 1 aliphatic rings. The third kappa shape index (κ3) is 2.97. The molecule has 0 aromatic rings. The molecule has 3 heteroatoms. The number of carbonyl (C=O) groups excluding carboxylic acids is 1. The maximum absolute atomic E-state index is 11.8. The van der Waals surface area contributed by atoms with Gasteiger partial charge in [0.2, 0.25) is 5.91 Å². The molecule has 1 saturated heterocycles. The average molecular weight is 248 g/mol. The van der Waals surface area contributed by atoms with Crippen molar-refractivity contribution in [1.82, 2.24) is 4.90 Å². The van der Waals surface area contributed by atoms with Crippen molar-refractivity contribution in [2.45, 2.75) is 37.9 Å². The minimum Gasteiger partial charge on any atom is -0.341 e. The van der Waals surface area contributed by atoms with E-state index in [0.717, 1.165) is 25.9 Å². The lowest BCUT2D eigenvalue weighted by Gasteiger charge is -2.32. The van der Waals surface area contributed by atoms with E-state index in [9.17, 15) is 4.79 Å². The minimum absolute atomic E-state index is 0.0257. The summed E-state index contributed by atoms with van der Waals surface area (Å²) >= 11 is 3.41. The van der Waals surface area contributed by atoms with Crippen molar-refractivity contribution in [1.29, 1.82) is 0 Å². The Hall–Kier alpha value is -0.0500. The highest BCUT2D eigenvalue weighted by molar-refractivity contribution is 9.10. The number of carbonyl (C=O) groups is 1. The van der Waals surface area contributed by atoms with Crippen LogP contribution in [0.4, 0.5) is 0 Å². The molecule has 2 atom stereocenters. The maximum Gasteiger partial charge on any atom is 0.236 e. The van der Waals surface area contributed by atoms with Crippen LogP contribution in [0.3, 0.4) is 0 Å². The standard InChI is InChI=1S/C10H18BrNO/c1-3-9(11)10(13)12-6-4-5-8(2)7-12/h8-9H,3-7H2,1-2H3. The molecule has 2 unspecified atom stereocenters. The molecule has 0 radical (unpaired) electrons. The van der Waals surface area contributed by atoms with Gasteiger partial charge in [0.25, 0.3) is 0 Å². The van der Waals surface area contributed by atoms with Gasteiger partial charge in [-0.3, -0.25) is 4.79 Å². The minimum atomic E-state index is 0.0257. The SMILES string of the molecule is CCC(Br)C(=O)N1CCCC(C)C1. The molecule has 1 rings (SSSR count). The van der Waals surface area contributed by atoms with Gasteiger partial charge in [-0.05, 0) is 25.2 Å². The molecule has 1 fully saturated rings. The Morgan fingerprint density at radius 1 is 1.69 bits per heavy atom. The van der Waals surface area contributed by atoms with Crippen LogP contribution < -0.4 is 0 Å². The molecule has 2 nitrogen and oxygen atoms in total. The summed E-state index contributed by atoms with van der Waals surface area (Å²) in [5.41, 5.74) is 0. The van der Waals surface area contributed by atoms with Crippen molar-refractivity contribution in [2.24, 2.45) is 5.92 Å². The van der Waals surface area contributed by atoms with E-state index in [1.165, 1.54) is 6.42 Å². The number of halogens is 1. The molecule has 0 aromatic carbocycles. The first-order valence-electron chi connectivity index (χ1n) is 5.08. The van der Waals surface area contributed by atoms with Crippen LogP contribution >= 0.6 is 15.9 Å². The van der Waals surface area contributed by atoms with Gasteiger partial charge < -0.3 is 4.90 Å². The summed E-state index contributed by atoms with van der Waals surface area (Å²) in [6, 6.07) is 0. The number of hydrogen-bond donors (Lipinski definition) is 0. The number of nitrogens with zero attached hydrogens (tertiary/aromatic N) is 1. The van der Waals surface area contributed by atoms with E-state index in [1.807, 2.05) is 11.8 Å². The van der Waals surface area contributed by atoms with Gasteiger partial charge in [-0.25, -0.2) is 0 Å². The van der Waals surface area contributed by atoms with Crippen LogP contribution in [0.2, 0.25) is 0 Å². The van der Waals surface area contributed by atoms with Crippen LogP contribution in [0, 0.1) is 5.92 Å². The zero-order valence-corrected chi connectivity index (χ0v) is 10.0. The summed E-state index contributed by atoms with van der Waals surface area (Å²) in [7, 11) is 0. The zero-order valence-electron chi connectivity index (χ0n) is 8.42. The average Bonchev–Trinajstić information content (AvgIpc) is 2.15. The van der Waals surface area contributed by atoms with Gasteiger partial charge in [-0.2, -0.15) is 0 Å². The molecule has 0 saturated carbocycles. The van der Waals surface area contributed by atoms with Gasteiger partial charge in [0.15, 0.2) is 0 Å². The number of piperidine rings is 1. The van der Waals surface area contributed by atoms with Crippen LogP contribution in [-0.4, -0.2) is 28.7 Å². The topological polar surface area (TPSA) is 20.3 Å². The van der Waals surface area contributed by atoms with E-state index in [1.54, 1.807) is 0 Å². The van der Waals surface area contributed by atoms with Crippen LogP contribution in [-0.2, 0) is 4.79 Å². The Morgan fingerprint density at radius 3 is 2.92 bits per heavy atom. The van der Waals surface area contributed by atoms with Gasteiger partial charge in [0, 0.05) is 13.1 Å². The van der Waals surface area contributed by atoms with Crippen molar-refractivity contribution < 1.29 is 4.79 Å². The Balaban J connectivity index is 2.46. The molecule has 0 spiro atoms. The summed E-state index contributed by atoms with van der Waals surface area (Å²) in [6.07, 6.45) is 3.31. The number of hydrogen-bond acceptors (Lipinski definition) is 1. The van der Waals surface area contributed by atoms with E-state index >= 15 is 0 Å². The highest BCUT2D eigenvalue weighted by atomic mass is 79.9. The van der Waals surface area contributed by atoms with Gasteiger partial charge in [0.05, 0.1) is 4.83 Å². The first kappa shape index (κ1) is 11.0. The fraction of sp³-hybridized carbons (Fsp3) is 0.900. The monoisotopic (exact) mass is 247 g/mol. The molecule has 1 amide bonds. The second kappa shape index (κ2) is 4.99. The van der Waals surface area contributed by atoms with Crippen molar-refractivity contribution >= 4 is 21.8 Å². The number of likely N-dealkylation sites (tertiary alicyclic amines) is 1. The van der Waals surface area contributed by atoms with Gasteiger partial charge in [0.1, 0.15) is 0 Å². The molecule has 1 aliphatic heterocycles. The third-order valence-electron chi connectivity index (χ3n) is 2.60. The van der Waals surface area contributed by atoms with Crippen molar-refractivity contribution in [3.05, 3.63) is 0 Å². The lowest BCUT2D eigenvalue weighted by Crippen LogP contribution is -2.42. The second-order valence-electron chi connectivity index (χ2n) is 3.91. The van der Waals surface area contributed by atoms with E-state index in [4.69, 9.17) is 0 Å². The zero-order chi connectivity index (χ0) is 9.84. The van der Waals surface area contributed by atoms with E-state index in [0.29, 0.717) is 5.92 Å². The van der Waals surface area contributed by atoms with Gasteiger partial charge in [-0.15, -0.1) is 0 Å². The number of alkyl halides is 1. The molecule has 0 aliphatic carbocycles. The Morgan fingerprint density at radius 2 is 2.38 bits per heavy atom. The number of amides is 1. The summed E-state index contributed by atoms with van der Waals surface area (Å²) in [6.45, 7) is 6.14. The van der Waals surface area contributed by atoms with Crippen LogP contribution in [0.15, 0.2) is 0 Å². The molecule has 0 bridgehead atoms. The first-order valence-corrected chi connectivity index (χ1v) is 5.99. The van der Waals surface area contributed by atoms with E-state index in [-0.39, 0.29) is 10.7 Å². The summed E-state index contributed by atoms with van der Waals surface area (Å²) in [4.78, 5) is 13.8. The highest BCUT2D eigenvalue weighted by Crippen LogP contribution is 2.18. The molecular weight excluding hydrogens is 230 g/mol. The molecule has 0 N–H and O–H groups in total. The molecule has 13 heavy (non-hydrogen) atoms. The van der Waals surface area contributed by atoms with Gasteiger partial charge in [-0.1, -0.05) is 29.8 Å². The summed E-state index contributed by atoms with van der Waals surface area (Å²) in [5.74, 6) is 0.948. The highest BCUT2D eigenvalue weighted by Gasteiger charge is 2.24. The fourth-order valence-electron chi connectivity index (χ4n) is 1.76. The van der Waals surface area contributed by atoms with Crippen LogP contribution in [0.1, 0.15) is 33.1 Å². The normalized spacial score (nSPS) is 25.8. The van der Waals surface area contributed by atoms with Crippen molar-refractivity contribution in [2.75, 3.05) is 13.1 Å². The Kier molecular flexibility index (Phi) is 4.23. The Labute approximate surface area is 88.8 Å². The quantitative estimate of drug-likeness (QED) is 0.687. The molecule has 1 heterocycles. The van der Waals surface area contributed by atoms with Crippen molar-refractivity contribution in [3.8, 4) is 0 Å². The smallest absolute Gasteiger partial charge is 0.236 e.